The first-order chi connectivity index (χ1) is 7.58. The topological polar surface area (TPSA) is 26.0 Å². The molecule has 2 rings (SSSR count). The smallest absolute Gasteiger partial charge is 0.159 e. The van der Waals surface area contributed by atoms with Gasteiger partial charge in [-0.15, -0.1) is 11.3 Å². The fourth-order valence-corrected chi connectivity index (χ4v) is 2.46. The molecule has 2 aromatic rings. The van der Waals surface area contributed by atoms with E-state index in [4.69, 9.17) is 17.3 Å². The molecule has 1 nitrogen and oxygen atoms in total. The molecule has 1 unspecified atom stereocenters. The Bertz CT molecular complexity index is 512. The number of halogens is 3. The molecule has 0 saturated heterocycles. The average Bonchev–Trinajstić information content (AvgIpc) is 2.68. The zero-order chi connectivity index (χ0) is 11.7. The number of hydrogen-bond acceptors (Lipinski definition) is 2. The molecule has 0 aliphatic heterocycles. The molecule has 0 saturated carbocycles. The molecule has 1 aromatic carbocycles. The van der Waals surface area contributed by atoms with Crippen molar-refractivity contribution < 1.29 is 8.78 Å². The minimum atomic E-state index is -0.893. The van der Waals surface area contributed by atoms with E-state index < -0.39 is 17.7 Å². The van der Waals surface area contributed by atoms with Crippen LogP contribution >= 0.6 is 22.9 Å². The Balaban J connectivity index is 2.33. The van der Waals surface area contributed by atoms with E-state index >= 15 is 0 Å². The Morgan fingerprint density at radius 2 is 1.88 bits per heavy atom. The van der Waals surface area contributed by atoms with Gasteiger partial charge in [-0.25, -0.2) is 8.78 Å². The van der Waals surface area contributed by atoms with Gasteiger partial charge in [0.15, 0.2) is 11.6 Å². The van der Waals surface area contributed by atoms with Gasteiger partial charge in [0, 0.05) is 4.88 Å². The van der Waals surface area contributed by atoms with E-state index in [1.165, 1.54) is 17.4 Å². The number of benzene rings is 1. The van der Waals surface area contributed by atoms with Crippen LogP contribution in [0.25, 0.3) is 0 Å². The first-order valence-electron chi connectivity index (χ1n) is 4.53. The Kier molecular flexibility index (Phi) is 3.23. The summed E-state index contributed by atoms with van der Waals surface area (Å²) in [4.78, 5) is 0.816. The van der Waals surface area contributed by atoms with Crippen molar-refractivity contribution in [2.45, 2.75) is 6.04 Å². The third-order valence-electron chi connectivity index (χ3n) is 2.20. The summed E-state index contributed by atoms with van der Waals surface area (Å²) in [6.45, 7) is 0. The summed E-state index contributed by atoms with van der Waals surface area (Å²) in [5, 5.41) is 0. The molecule has 1 heterocycles. The second-order valence-electron chi connectivity index (χ2n) is 3.29. The third kappa shape index (κ3) is 2.24. The van der Waals surface area contributed by atoms with E-state index in [1.807, 2.05) is 0 Å². The van der Waals surface area contributed by atoms with Crippen LogP contribution in [0.5, 0.6) is 0 Å². The Morgan fingerprint density at radius 1 is 1.12 bits per heavy atom. The second kappa shape index (κ2) is 4.49. The summed E-state index contributed by atoms with van der Waals surface area (Å²) in [5.74, 6) is -1.77. The summed E-state index contributed by atoms with van der Waals surface area (Å²) in [5.41, 5.74) is 6.44. The van der Waals surface area contributed by atoms with Gasteiger partial charge in [-0.3, -0.25) is 0 Å². The highest BCUT2D eigenvalue weighted by Crippen LogP contribution is 2.29. The van der Waals surface area contributed by atoms with Crippen molar-refractivity contribution >= 4 is 22.9 Å². The van der Waals surface area contributed by atoms with Crippen molar-refractivity contribution in [1.82, 2.24) is 0 Å². The first-order valence-corrected chi connectivity index (χ1v) is 5.73. The van der Waals surface area contributed by atoms with Crippen LogP contribution in [-0.4, -0.2) is 0 Å². The van der Waals surface area contributed by atoms with Gasteiger partial charge in [0.2, 0.25) is 0 Å². The fraction of sp³-hybridized carbons (Fsp3) is 0.0909. The van der Waals surface area contributed by atoms with Gasteiger partial charge >= 0.3 is 0 Å². The Labute approximate surface area is 100 Å². The second-order valence-corrected chi connectivity index (χ2v) is 5.04. The highest BCUT2D eigenvalue weighted by Gasteiger charge is 2.13. The van der Waals surface area contributed by atoms with Crippen molar-refractivity contribution in [3.05, 3.63) is 56.7 Å². The molecule has 0 amide bonds. The Hall–Kier alpha value is -0.970. The molecular weight excluding hydrogens is 252 g/mol. The molecule has 84 valence electrons. The van der Waals surface area contributed by atoms with Crippen molar-refractivity contribution in [3.63, 3.8) is 0 Å². The third-order valence-corrected chi connectivity index (χ3v) is 3.52. The van der Waals surface area contributed by atoms with E-state index in [-0.39, 0.29) is 0 Å². The zero-order valence-corrected chi connectivity index (χ0v) is 9.66. The van der Waals surface area contributed by atoms with Gasteiger partial charge < -0.3 is 5.73 Å². The summed E-state index contributed by atoms with van der Waals surface area (Å²) in [6.07, 6.45) is 0. The molecule has 0 spiro atoms. The van der Waals surface area contributed by atoms with Crippen LogP contribution in [-0.2, 0) is 0 Å². The fourth-order valence-electron chi connectivity index (χ4n) is 1.37. The minimum absolute atomic E-state index is 0.479. The van der Waals surface area contributed by atoms with Gasteiger partial charge in [-0.05, 0) is 29.8 Å². The summed E-state index contributed by atoms with van der Waals surface area (Å²) >= 11 is 7.10. The SMILES string of the molecule is NC(c1ccc(F)c(F)c1)c1ccc(Cl)s1. The monoisotopic (exact) mass is 259 g/mol. The average molecular weight is 260 g/mol. The minimum Gasteiger partial charge on any atom is -0.320 e. The molecule has 5 heteroatoms. The molecule has 0 bridgehead atoms. The van der Waals surface area contributed by atoms with Crippen LogP contribution in [0.1, 0.15) is 16.5 Å². The molecular formula is C11H8ClF2NS. The molecule has 16 heavy (non-hydrogen) atoms. The van der Waals surface area contributed by atoms with Crippen LogP contribution in [0.3, 0.4) is 0 Å². The molecule has 0 radical (unpaired) electrons. The predicted molar refractivity (Wildman–Crippen MR) is 61.7 cm³/mol. The normalized spacial score (nSPS) is 12.8. The predicted octanol–water partition coefficient (Wildman–Crippen LogP) is 3.73. The maximum absolute atomic E-state index is 13.0. The maximum Gasteiger partial charge on any atom is 0.159 e. The molecule has 0 aliphatic carbocycles. The van der Waals surface area contributed by atoms with E-state index in [0.29, 0.717) is 9.90 Å². The summed E-state index contributed by atoms with van der Waals surface area (Å²) in [6, 6.07) is 6.66. The van der Waals surface area contributed by atoms with Gasteiger partial charge in [0.1, 0.15) is 0 Å². The molecule has 0 aliphatic rings. The highest BCUT2D eigenvalue weighted by molar-refractivity contribution is 7.16. The van der Waals surface area contributed by atoms with Gasteiger partial charge in [0.05, 0.1) is 10.4 Å². The largest absolute Gasteiger partial charge is 0.320 e. The Morgan fingerprint density at radius 3 is 2.44 bits per heavy atom. The van der Waals surface area contributed by atoms with Gasteiger partial charge in [0.25, 0.3) is 0 Å². The highest BCUT2D eigenvalue weighted by atomic mass is 35.5. The summed E-state index contributed by atoms with van der Waals surface area (Å²) < 4.78 is 26.4. The van der Waals surface area contributed by atoms with E-state index in [1.54, 1.807) is 12.1 Å². The summed E-state index contributed by atoms with van der Waals surface area (Å²) in [7, 11) is 0. The first kappa shape index (κ1) is 11.5. The number of hydrogen-bond donors (Lipinski definition) is 1. The van der Waals surface area contributed by atoms with E-state index in [0.717, 1.165) is 17.0 Å². The lowest BCUT2D eigenvalue weighted by Gasteiger charge is -2.09. The van der Waals surface area contributed by atoms with Crippen molar-refractivity contribution in [2.75, 3.05) is 0 Å². The lowest BCUT2D eigenvalue weighted by Crippen LogP contribution is -2.10. The maximum atomic E-state index is 13.0. The molecule has 2 N–H and O–H groups in total. The van der Waals surface area contributed by atoms with Crippen molar-refractivity contribution in [1.29, 1.82) is 0 Å². The zero-order valence-electron chi connectivity index (χ0n) is 8.08. The molecule has 0 fully saturated rings. The van der Waals surface area contributed by atoms with Crippen LogP contribution < -0.4 is 5.73 Å². The van der Waals surface area contributed by atoms with Crippen LogP contribution in [0.4, 0.5) is 8.78 Å². The number of nitrogens with two attached hydrogens (primary N) is 1. The standard InChI is InChI=1S/C11H8ClF2NS/c12-10-4-3-9(16-10)11(15)6-1-2-7(13)8(14)5-6/h1-5,11H,15H2. The van der Waals surface area contributed by atoms with E-state index in [9.17, 15) is 8.78 Å². The number of rotatable bonds is 2. The molecule has 1 atom stereocenters. The lowest BCUT2D eigenvalue weighted by atomic mass is 10.1. The van der Waals surface area contributed by atoms with Gasteiger partial charge in [-0.2, -0.15) is 0 Å². The van der Waals surface area contributed by atoms with Crippen molar-refractivity contribution in [3.8, 4) is 0 Å². The molecule has 1 aromatic heterocycles. The van der Waals surface area contributed by atoms with Crippen LogP contribution in [0, 0.1) is 11.6 Å². The van der Waals surface area contributed by atoms with Crippen LogP contribution in [0.15, 0.2) is 30.3 Å². The van der Waals surface area contributed by atoms with Crippen molar-refractivity contribution in [2.24, 2.45) is 5.73 Å². The van der Waals surface area contributed by atoms with Gasteiger partial charge in [-0.1, -0.05) is 17.7 Å². The van der Waals surface area contributed by atoms with Crippen LogP contribution in [0.2, 0.25) is 4.34 Å². The number of thiophene rings is 1. The van der Waals surface area contributed by atoms with E-state index in [2.05, 4.69) is 0 Å². The quantitative estimate of drug-likeness (QED) is 0.874. The lowest BCUT2D eigenvalue weighted by molar-refractivity contribution is 0.506.